The zero-order chi connectivity index (χ0) is 13.8. The Kier molecular flexibility index (Phi) is 4.23. The monoisotopic (exact) mass is 319 g/mol. The Labute approximate surface area is 120 Å². The Balaban J connectivity index is 2.13. The summed E-state index contributed by atoms with van der Waals surface area (Å²) in [4.78, 5) is 13.6. The van der Waals surface area contributed by atoms with Crippen LogP contribution in [0.5, 0.6) is 0 Å². The number of benzene rings is 1. The number of amides is 1. The van der Waals surface area contributed by atoms with Gasteiger partial charge in [-0.25, -0.2) is 0 Å². The fraction of sp³-hybridized carbons (Fsp3) is 0.286. The molecule has 0 aliphatic rings. The van der Waals surface area contributed by atoms with E-state index >= 15 is 0 Å². The number of carbonyl (C=O) groups excluding carboxylic acids is 1. The van der Waals surface area contributed by atoms with E-state index in [-0.39, 0.29) is 5.91 Å². The van der Waals surface area contributed by atoms with E-state index < -0.39 is 0 Å². The number of rotatable bonds is 4. The van der Waals surface area contributed by atoms with Crippen LogP contribution in [0.3, 0.4) is 0 Å². The zero-order valence-corrected chi connectivity index (χ0v) is 12.2. The van der Waals surface area contributed by atoms with Gasteiger partial charge in [-0.3, -0.25) is 4.79 Å². The Bertz CT molecular complexity index is 642. The Morgan fingerprint density at radius 3 is 3.00 bits per heavy atom. The molecule has 0 N–H and O–H groups in total. The molecule has 4 nitrogen and oxygen atoms in total. The van der Waals surface area contributed by atoms with E-state index in [1.165, 1.54) is 0 Å². The summed E-state index contributed by atoms with van der Waals surface area (Å²) in [5.74, 6) is 0.00988. The van der Waals surface area contributed by atoms with Crippen molar-refractivity contribution in [1.82, 2.24) is 9.47 Å². The van der Waals surface area contributed by atoms with Gasteiger partial charge in [-0.05, 0) is 24.3 Å². The topological polar surface area (TPSA) is 49.0 Å². The second kappa shape index (κ2) is 5.89. The number of carbonyl (C=O) groups is 1. The summed E-state index contributed by atoms with van der Waals surface area (Å²) < 4.78 is 2.95. The molecule has 1 aromatic heterocycles. The number of nitrogens with zero attached hydrogens (tertiary/aromatic N) is 3. The lowest BCUT2D eigenvalue weighted by molar-refractivity contribution is -0.130. The Hall–Kier alpha value is -1.80. The summed E-state index contributed by atoms with van der Waals surface area (Å²) in [6.07, 6.45) is 2.27. The molecule has 19 heavy (non-hydrogen) atoms. The lowest BCUT2D eigenvalue weighted by Crippen LogP contribution is -2.30. The molecule has 2 aromatic rings. The van der Waals surface area contributed by atoms with Crippen molar-refractivity contribution >= 4 is 32.7 Å². The molecule has 5 heteroatoms. The van der Waals surface area contributed by atoms with Crippen LogP contribution in [0.4, 0.5) is 0 Å². The average Bonchev–Trinajstić information content (AvgIpc) is 2.78. The normalized spacial score (nSPS) is 10.4. The fourth-order valence-electron chi connectivity index (χ4n) is 1.92. The number of aromatic nitrogens is 1. The van der Waals surface area contributed by atoms with Gasteiger partial charge >= 0.3 is 0 Å². The summed E-state index contributed by atoms with van der Waals surface area (Å²) in [6.45, 7) is 0.771. The molecule has 1 aromatic carbocycles. The van der Waals surface area contributed by atoms with Crippen molar-refractivity contribution in [2.75, 3.05) is 13.6 Å². The van der Waals surface area contributed by atoms with Crippen LogP contribution in [0.1, 0.15) is 6.42 Å². The van der Waals surface area contributed by atoms with Gasteiger partial charge in [0.05, 0.1) is 12.5 Å². The minimum atomic E-state index is 0.00988. The molecule has 0 atom stereocenters. The van der Waals surface area contributed by atoms with Crippen molar-refractivity contribution < 1.29 is 4.79 Å². The van der Waals surface area contributed by atoms with E-state index in [4.69, 9.17) is 5.26 Å². The number of hydrogen-bond donors (Lipinski definition) is 0. The van der Waals surface area contributed by atoms with Crippen molar-refractivity contribution in [2.24, 2.45) is 0 Å². The van der Waals surface area contributed by atoms with Gasteiger partial charge in [-0.2, -0.15) is 5.26 Å². The largest absolute Gasteiger partial charge is 0.343 e. The van der Waals surface area contributed by atoms with Gasteiger partial charge in [0.1, 0.15) is 6.54 Å². The molecular weight excluding hydrogens is 306 g/mol. The van der Waals surface area contributed by atoms with Crippen LogP contribution in [0.15, 0.2) is 34.9 Å². The third-order valence-electron chi connectivity index (χ3n) is 3.02. The summed E-state index contributed by atoms with van der Waals surface area (Å²) in [7, 11) is 1.72. The molecule has 1 amide bonds. The Morgan fingerprint density at radius 2 is 2.26 bits per heavy atom. The molecule has 98 valence electrons. The lowest BCUT2D eigenvalue weighted by Gasteiger charge is -2.16. The van der Waals surface area contributed by atoms with Gasteiger partial charge in [0, 0.05) is 35.2 Å². The van der Waals surface area contributed by atoms with Crippen molar-refractivity contribution in [2.45, 2.75) is 13.0 Å². The lowest BCUT2D eigenvalue weighted by atomic mass is 10.2. The molecule has 0 spiro atoms. The molecule has 0 unspecified atom stereocenters. The fourth-order valence-corrected chi connectivity index (χ4v) is 2.30. The first-order valence-corrected chi connectivity index (χ1v) is 6.76. The minimum absolute atomic E-state index is 0.00988. The van der Waals surface area contributed by atoms with Crippen molar-refractivity contribution in [3.8, 4) is 6.07 Å². The SMILES string of the molecule is CN(CCC#N)C(=O)Cn1ccc2cc(Br)ccc21. The van der Waals surface area contributed by atoms with Crippen molar-refractivity contribution in [3.63, 3.8) is 0 Å². The summed E-state index contributed by atoms with van der Waals surface area (Å²) in [5.41, 5.74) is 1.03. The van der Waals surface area contributed by atoms with E-state index in [1.807, 2.05) is 41.1 Å². The second-order valence-electron chi connectivity index (χ2n) is 4.37. The smallest absolute Gasteiger partial charge is 0.242 e. The molecule has 0 aliphatic carbocycles. The van der Waals surface area contributed by atoms with Crippen LogP contribution in [0, 0.1) is 11.3 Å². The number of fused-ring (bicyclic) bond motifs is 1. The number of likely N-dealkylation sites (N-methyl/N-ethyl adjacent to an activating group) is 1. The first kappa shape index (κ1) is 13.6. The highest BCUT2D eigenvalue weighted by Crippen LogP contribution is 2.20. The van der Waals surface area contributed by atoms with Crippen molar-refractivity contribution in [1.29, 1.82) is 5.26 Å². The molecule has 2 rings (SSSR count). The summed E-state index contributed by atoms with van der Waals surface area (Å²) in [5, 5.41) is 9.62. The molecular formula is C14H14BrN3O. The molecule has 0 saturated carbocycles. The van der Waals surface area contributed by atoms with Crippen LogP contribution < -0.4 is 0 Å². The summed E-state index contributed by atoms with van der Waals surface area (Å²) in [6, 6.07) is 10.0. The van der Waals surface area contributed by atoms with E-state index in [1.54, 1.807) is 11.9 Å². The zero-order valence-electron chi connectivity index (χ0n) is 10.6. The number of hydrogen-bond acceptors (Lipinski definition) is 2. The maximum absolute atomic E-state index is 12.0. The van der Waals surface area contributed by atoms with Crippen LogP contribution in [0.2, 0.25) is 0 Å². The van der Waals surface area contributed by atoms with Gasteiger partial charge in [-0.1, -0.05) is 15.9 Å². The molecule has 0 aliphatic heterocycles. The minimum Gasteiger partial charge on any atom is -0.343 e. The number of halogens is 1. The second-order valence-corrected chi connectivity index (χ2v) is 5.29. The number of nitriles is 1. The predicted octanol–water partition coefficient (Wildman–Crippen LogP) is 2.78. The molecule has 0 bridgehead atoms. The average molecular weight is 320 g/mol. The maximum Gasteiger partial charge on any atom is 0.242 e. The van der Waals surface area contributed by atoms with Gasteiger partial charge in [0.25, 0.3) is 0 Å². The van der Waals surface area contributed by atoms with Gasteiger partial charge < -0.3 is 9.47 Å². The summed E-state index contributed by atoms with van der Waals surface area (Å²) >= 11 is 3.43. The van der Waals surface area contributed by atoms with Gasteiger partial charge in [0.15, 0.2) is 0 Å². The van der Waals surface area contributed by atoms with E-state index in [0.29, 0.717) is 19.5 Å². The first-order chi connectivity index (χ1) is 9.11. The highest BCUT2D eigenvalue weighted by Gasteiger charge is 2.10. The van der Waals surface area contributed by atoms with E-state index in [9.17, 15) is 4.79 Å². The quantitative estimate of drug-likeness (QED) is 0.870. The van der Waals surface area contributed by atoms with Crippen molar-refractivity contribution in [3.05, 3.63) is 34.9 Å². The molecule has 0 saturated heterocycles. The van der Waals surface area contributed by atoms with Crippen LogP contribution in [0.25, 0.3) is 10.9 Å². The third-order valence-corrected chi connectivity index (χ3v) is 3.52. The molecule has 0 radical (unpaired) electrons. The van der Waals surface area contributed by atoms with Crippen LogP contribution in [-0.4, -0.2) is 29.0 Å². The highest BCUT2D eigenvalue weighted by atomic mass is 79.9. The standard InChI is InChI=1S/C14H14BrN3O/c1-17(7-2-6-16)14(19)10-18-8-5-11-9-12(15)3-4-13(11)18/h3-5,8-9H,2,7,10H2,1H3. The van der Waals surface area contributed by atoms with Gasteiger partial charge in [0.2, 0.25) is 5.91 Å². The third kappa shape index (κ3) is 3.15. The van der Waals surface area contributed by atoms with Crippen LogP contribution in [-0.2, 0) is 11.3 Å². The Morgan fingerprint density at radius 1 is 1.47 bits per heavy atom. The van der Waals surface area contributed by atoms with E-state index in [0.717, 1.165) is 15.4 Å². The maximum atomic E-state index is 12.0. The first-order valence-electron chi connectivity index (χ1n) is 5.97. The predicted molar refractivity (Wildman–Crippen MR) is 77.5 cm³/mol. The van der Waals surface area contributed by atoms with E-state index in [2.05, 4.69) is 15.9 Å². The molecule has 0 fully saturated rings. The molecule has 1 heterocycles. The highest BCUT2D eigenvalue weighted by molar-refractivity contribution is 9.10. The van der Waals surface area contributed by atoms with Crippen LogP contribution >= 0.6 is 15.9 Å². The van der Waals surface area contributed by atoms with Gasteiger partial charge in [-0.15, -0.1) is 0 Å².